The summed E-state index contributed by atoms with van der Waals surface area (Å²) in [5, 5.41) is 2.86. The van der Waals surface area contributed by atoms with E-state index < -0.39 is 11.6 Å². The van der Waals surface area contributed by atoms with E-state index in [4.69, 9.17) is 0 Å². The Morgan fingerprint density at radius 3 is 2.72 bits per heavy atom. The second-order valence-corrected chi connectivity index (χ2v) is 7.33. The molecule has 3 aliphatic rings. The largest absolute Gasteiger partial charge is 0.363 e. The number of amides is 4. The standard InChI is InChI=1S/C18H24N4O3/c23-15(21-11-5-7-14(21)13-6-4-10-19-13)12-22-16(24)18(20-17(22)25)8-2-1-3-9-18/h4,6,10,14,19H,1-3,5,7-9,11-12H2,(H,20,25)/t14-/m0/s1. The second-order valence-electron chi connectivity index (χ2n) is 7.33. The molecular formula is C18H24N4O3. The predicted molar refractivity (Wildman–Crippen MR) is 90.5 cm³/mol. The third-order valence-electron chi connectivity index (χ3n) is 5.80. The molecule has 0 radical (unpaired) electrons. The van der Waals surface area contributed by atoms with Gasteiger partial charge in [-0.25, -0.2) is 4.79 Å². The predicted octanol–water partition coefficient (Wildman–Crippen LogP) is 1.93. The summed E-state index contributed by atoms with van der Waals surface area (Å²) in [7, 11) is 0. The number of nitrogens with one attached hydrogen (secondary N) is 2. The Bertz CT molecular complexity index is 679. The van der Waals surface area contributed by atoms with E-state index in [1.165, 1.54) is 0 Å². The van der Waals surface area contributed by atoms with Crippen LogP contribution in [0.5, 0.6) is 0 Å². The van der Waals surface area contributed by atoms with Crippen LogP contribution in [-0.2, 0) is 9.59 Å². The average molecular weight is 344 g/mol. The first kappa shape index (κ1) is 16.2. The molecule has 7 nitrogen and oxygen atoms in total. The molecule has 1 saturated carbocycles. The van der Waals surface area contributed by atoms with Crippen LogP contribution < -0.4 is 5.32 Å². The maximum Gasteiger partial charge on any atom is 0.325 e. The summed E-state index contributed by atoms with van der Waals surface area (Å²) in [6, 6.07) is 3.48. The number of aromatic amines is 1. The van der Waals surface area contributed by atoms with E-state index in [0.29, 0.717) is 19.4 Å². The molecule has 3 fully saturated rings. The second kappa shape index (κ2) is 6.20. The molecule has 1 aromatic rings. The number of hydrogen-bond donors (Lipinski definition) is 2. The minimum Gasteiger partial charge on any atom is -0.363 e. The van der Waals surface area contributed by atoms with Gasteiger partial charge in [0.15, 0.2) is 0 Å². The van der Waals surface area contributed by atoms with Gasteiger partial charge in [0.1, 0.15) is 12.1 Å². The first-order chi connectivity index (χ1) is 12.1. The molecule has 134 valence electrons. The molecule has 2 aliphatic heterocycles. The van der Waals surface area contributed by atoms with E-state index in [2.05, 4.69) is 10.3 Å². The lowest BCUT2D eigenvalue weighted by Gasteiger charge is -2.30. The Morgan fingerprint density at radius 2 is 2.00 bits per heavy atom. The molecule has 1 aromatic heterocycles. The van der Waals surface area contributed by atoms with Gasteiger partial charge < -0.3 is 15.2 Å². The smallest absolute Gasteiger partial charge is 0.325 e. The van der Waals surface area contributed by atoms with Crippen LogP contribution in [0, 0.1) is 0 Å². The van der Waals surface area contributed by atoms with Gasteiger partial charge in [-0.3, -0.25) is 14.5 Å². The number of carbonyl (C=O) groups excluding carboxylic acids is 3. The fourth-order valence-electron chi connectivity index (χ4n) is 4.48. The van der Waals surface area contributed by atoms with E-state index in [1.54, 1.807) is 4.90 Å². The first-order valence-corrected chi connectivity index (χ1v) is 9.18. The summed E-state index contributed by atoms with van der Waals surface area (Å²) in [5.41, 5.74) is 0.242. The molecule has 0 unspecified atom stereocenters. The highest BCUT2D eigenvalue weighted by Gasteiger charge is 2.52. The lowest BCUT2D eigenvalue weighted by Crippen LogP contribution is -2.49. The van der Waals surface area contributed by atoms with Gasteiger partial charge in [0.2, 0.25) is 5.91 Å². The van der Waals surface area contributed by atoms with E-state index in [9.17, 15) is 14.4 Å². The molecule has 0 aromatic carbocycles. The Labute approximate surface area is 146 Å². The summed E-state index contributed by atoms with van der Waals surface area (Å²) in [4.78, 5) is 44.0. The minimum absolute atomic E-state index is 0.00640. The third-order valence-corrected chi connectivity index (χ3v) is 5.80. The number of H-pyrrole nitrogens is 1. The van der Waals surface area contributed by atoms with Crippen molar-refractivity contribution in [2.45, 2.75) is 56.5 Å². The number of imide groups is 1. The number of urea groups is 1. The molecule has 1 aliphatic carbocycles. The number of carbonyl (C=O) groups is 3. The molecular weight excluding hydrogens is 320 g/mol. The van der Waals surface area contributed by atoms with Crippen LogP contribution in [-0.4, -0.2) is 51.3 Å². The number of likely N-dealkylation sites (tertiary alicyclic amines) is 1. The summed E-state index contributed by atoms with van der Waals surface area (Å²) in [5.74, 6) is -0.380. The zero-order chi connectivity index (χ0) is 17.4. The van der Waals surface area contributed by atoms with Gasteiger partial charge in [0, 0.05) is 18.4 Å². The average Bonchev–Trinajstić information content (AvgIpc) is 3.33. The summed E-state index contributed by atoms with van der Waals surface area (Å²) < 4.78 is 0. The molecule has 3 heterocycles. The number of rotatable bonds is 3. The van der Waals surface area contributed by atoms with E-state index in [-0.39, 0.29) is 24.4 Å². The van der Waals surface area contributed by atoms with E-state index in [1.807, 2.05) is 18.3 Å². The molecule has 4 rings (SSSR count). The highest BCUT2D eigenvalue weighted by atomic mass is 16.2. The maximum atomic E-state index is 12.8. The van der Waals surface area contributed by atoms with Gasteiger partial charge in [0.05, 0.1) is 6.04 Å². The number of nitrogens with zero attached hydrogens (tertiary/aromatic N) is 2. The Kier molecular flexibility index (Phi) is 4.01. The van der Waals surface area contributed by atoms with Crippen LogP contribution in [0.2, 0.25) is 0 Å². The highest BCUT2D eigenvalue weighted by molar-refractivity contribution is 6.09. The van der Waals surface area contributed by atoms with Crippen molar-refractivity contribution >= 4 is 17.8 Å². The first-order valence-electron chi connectivity index (χ1n) is 9.18. The molecule has 7 heteroatoms. The Balaban J connectivity index is 1.47. The van der Waals surface area contributed by atoms with Gasteiger partial charge in [-0.05, 0) is 37.8 Å². The van der Waals surface area contributed by atoms with Crippen molar-refractivity contribution in [2.75, 3.05) is 13.1 Å². The van der Waals surface area contributed by atoms with Crippen molar-refractivity contribution in [3.63, 3.8) is 0 Å². The quantitative estimate of drug-likeness (QED) is 0.822. The van der Waals surface area contributed by atoms with Crippen LogP contribution in [0.25, 0.3) is 0 Å². The van der Waals surface area contributed by atoms with Crippen LogP contribution >= 0.6 is 0 Å². The van der Waals surface area contributed by atoms with Crippen molar-refractivity contribution in [1.82, 2.24) is 20.1 Å². The summed E-state index contributed by atoms with van der Waals surface area (Å²) >= 11 is 0. The van der Waals surface area contributed by atoms with Crippen molar-refractivity contribution in [1.29, 1.82) is 0 Å². The van der Waals surface area contributed by atoms with Gasteiger partial charge in [-0.15, -0.1) is 0 Å². The Morgan fingerprint density at radius 1 is 1.20 bits per heavy atom. The van der Waals surface area contributed by atoms with Crippen molar-refractivity contribution < 1.29 is 14.4 Å². The molecule has 1 atom stereocenters. The van der Waals surface area contributed by atoms with E-state index in [0.717, 1.165) is 42.7 Å². The maximum absolute atomic E-state index is 12.8. The molecule has 4 amide bonds. The van der Waals surface area contributed by atoms with Crippen LogP contribution in [0.4, 0.5) is 4.79 Å². The zero-order valence-electron chi connectivity index (χ0n) is 14.3. The van der Waals surface area contributed by atoms with Gasteiger partial charge >= 0.3 is 6.03 Å². The van der Waals surface area contributed by atoms with Crippen LogP contribution in [0.15, 0.2) is 18.3 Å². The third kappa shape index (κ3) is 2.71. The van der Waals surface area contributed by atoms with Gasteiger partial charge in [-0.2, -0.15) is 0 Å². The van der Waals surface area contributed by atoms with Crippen molar-refractivity contribution in [2.24, 2.45) is 0 Å². The normalized spacial score (nSPS) is 25.7. The van der Waals surface area contributed by atoms with Crippen molar-refractivity contribution in [3.8, 4) is 0 Å². The van der Waals surface area contributed by atoms with Gasteiger partial charge in [-0.1, -0.05) is 19.3 Å². The summed E-state index contributed by atoms with van der Waals surface area (Å²) in [6.07, 6.45) is 8.00. The molecule has 2 N–H and O–H groups in total. The molecule has 2 saturated heterocycles. The SMILES string of the molecule is O=C1NC2(CCCCC2)C(=O)N1CC(=O)N1CCC[C@H]1c1ccc[nH]1. The molecule has 25 heavy (non-hydrogen) atoms. The van der Waals surface area contributed by atoms with Crippen molar-refractivity contribution in [3.05, 3.63) is 24.0 Å². The lowest BCUT2D eigenvalue weighted by molar-refractivity contribution is -0.140. The summed E-state index contributed by atoms with van der Waals surface area (Å²) in [6.45, 7) is 0.501. The topological polar surface area (TPSA) is 85.5 Å². The van der Waals surface area contributed by atoms with E-state index >= 15 is 0 Å². The van der Waals surface area contributed by atoms with Crippen LogP contribution in [0.1, 0.15) is 56.7 Å². The fourth-order valence-corrected chi connectivity index (χ4v) is 4.48. The zero-order valence-corrected chi connectivity index (χ0v) is 14.3. The Hall–Kier alpha value is -2.31. The lowest BCUT2D eigenvalue weighted by atomic mass is 9.82. The molecule has 1 spiro atoms. The molecule has 0 bridgehead atoms. The highest BCUT2D eigenvalue weighted by Crippen LogP contribution is 2.35. The van der Waals surface area contributed by atoms with Gasteiger partial charge in [0.25, 0.3) is 5.91 Å². The number of aromatic nitrogens is 1. The fraction of sp³-hybridized carbons (Fsp3) is 0.611. The van der Waals surface area contributed by atoms with Crippen LogP contribution in [0.3, 0.4) is 0 Å². The monoisotopic (exact) mass is 344 g/mol. The minimum atomic E-state index is -0.764. The number of hydrogen-bond acceptors (Lipinski definition) is 3.